The molecule has 38 heavy (non-hydrogen) atoms. The van der Waals surface area contributed by atoms with Crippen LogP contribution in [0.4, 0.5) is 0 Å². The molecule has 11 heteroatoms. The lowest BCUT2D eigenvalue weighted by atomic mass is 9.87. The first-order valence-electron chi connectivity index (χ1n) is 12.4. The third kappa shape index (κ3) is 7.35. The second kappa shape index (κ2) is 14.3. The van der Waals surface area contributed by atoms with Crippen LogP contribution in [0.5, 0.6) is 11.5 Å². The first-order chi connectivity index (χ1) is 18.3. The number of rotatable bonds is 13. The van der Waals surface area contributed by atoms with Crippen LogP contribution in [0, 0.1) is 3.57 Å². The number of unbranched alkanes of at least 4 members (excludes halogenated alkanes) is 1. The van der Waals surface area contributed by atoms with Gasteiger partial charge in [0.1, 0.15) is 18.5 Å². The van der Waals surface area contributed by atoms with Crippen LogP contribution in [0.1, 0.15) is 48.5 Å². The monoisotopic (exact) mass is 640 g/mol. The highest BCUT2D eigenvalue weighted by atomic mass is 127. The first-order valence-corrected chi connectivity index (χ1v) is 13.5. The van der Waals surface area contributed by atoms with Crippen LogP contribution in [-0.4, -0.2) is 71.7 Å². The summed E-state index contributed by atoms with van der Waals surface area (Å²) in [5.74, 6) is 0.0119. The number of amides is 2. The molecule has 0 saturated heterocycles. The molecule has 0 aliphatic heterocycles. The number of halogens is 1. The summed E-state index contributed by atoms with van der Waals surface area (Å²) < 4.78 is 17.4. The number of furan rings is 1. The number of hydrogen-bond acceptors (Lipinski definition) is 8. The molecule has 1 aromatic heterocycles. The number of benzene rings is 1. The van der Waals surface area contributed by atoms with Crippen LogP contribution in [0.3, 0.4) is 0 Å². The maximum atomic E-state index is 13.3. The van der Waals surface area contributed by atoms with E-state index in [0.29, 0.717) is 38.9 Å². The molecule has 0 bridgehead atoms. The largest absolute Gasteiger partial charge is 0.493 e. The quantitative estimate of drug-likeness (QED) is 0.225. The van der Waals surface area contributed by atoms with E-state index in [1.165, 1.54) is 31.8 Å². The van der Waals surface area contributed by atoms with Crippen molar-refractivity contribution >= 4 is 40.7 Å². The topological polar surface area (TPSA) is 139 Å². The minimum atomic E-state index is -1.19. The standard InChI is InChI=1S/C27H33IN2O8/c1-3-4-5-24(33)30(14-17-6-9-37-16-17)21-12-19(27(35)29-7-8-31)13-22(25(21)34)38-26-20(28)10-18(15-32)11-23(26)36-2/h6,9-11,13,15-16,21-22,25,31,34H,3-5,7-8,12,14H2,1-2H3,(H,29,35)/t21-,22+,25+/m1/s1. The summed E-state index contributed by atoms with van der Waals surface area (Å²) in [4.78, 5) is 39.2. The van der Waals surface area contributed by atoms with E-state index in [-0.39, 0.29) is 38.4 Å². The van der Waals surface area contributed by atoms with Gasteiger partial charge in [0.25, 0.3) is 0 Å². The van der Waals surface area contributed by atoms with E-state index in [1.54, 1.807) is 17.0 Å². The summed E-state index contributed by atoms with van der Waals surface area (Å²) in [6.45, 7) is 2.01. The normalized spacial score (nSPS) is 18.9. The zero-order chi connectivity index (χ0) is 27.7. The molecule has 3 atom stereocenters. The number of hydrogen-bond donors (Lipinski definition) is 3. The zero-order valence-electron chi connectivity index (χ0n) is 21.4. The van der Waals surface area contributed by atoms with Crippen molar-refractivity contribution in [1.82, 2.24) is 10.2 Å². The van der Waals surface area contributed by atoms with E-state index in [9.17, 15) is 24.6 Å². The van der Waals surface area contributed by atoms with Gasteiger partial charge in [-0.15, -0.1) is 0 Å². The summed E-state index contributed by atoms with van der Waals surface area (Å²) >= 11 is 2.01. The van der Waals surface area contributed by atoms with Crippen LogP contribution in [0.2, 0.25) is 0 Å². The van der Waals surface area contributed by atoms with Crippen molar-refractivity contribution in [1.29, 1.82) is 0 Å². The van der Waals surface area contributed by atoms with Crippen LogP contribution in [0.25, 0.3) is 0 Å². The maximum Gasteiger partial charge on any atom is 0.247 e. The minimum Gasteiger partial charge on any atom is -0.493 e. The van der Waals surface area contributed by atoms with Crippen molar-refractivity contribution < 1.29 is 38.5 Å². The third-order valence-electron chi connectivity index (χ3n) is 6.25. The highest BCUT2D eigenvalue weighted by Crippen LogP contribution is 2.37. The minimum absolute atomic E-state index is 0.0575. The number of carbonyl (C=O) groups excluding carboxylic acids is 3. The Morgan fingerprint density at radius 1 is 1.34 bits per heavy atom. The first kappa shape index (κ1) is 29.7. The van der Waals surface area contributed by atoms with Crippen LogP contribution < -0.4 is 14.8 Å². The molecule has 1 aromatic carbocycles. The Kier molecular flexibility index (Phi) is 11.2. The Hall–Kier alpha value is -2.90. The molecule has 10 nitrogen and oxygen atoms in total. The van der Waals surface area contributed by atoms with Crippen molar-refractivity contribution in [2.75, 3.05) is 20.3 Å². The summed E-state index contributed by atoms with van der Waals surface area (Å²) in [5, 5.41) is 23.3. The number of aliphatic hydroxyl groups is 2. The number of ether oxygens (including phenoxy) is 2. The maximum absolute atomic E-state index is 13.3. The highest BCUT2D eigenvalue weighted by Gasteiger charge is 2.41. The van der Waals surface area contributed by atoms with E-state index < -0.39 is 24.2 Å². The smallest absolute Gasteiger partial charge is 0.247 e. The van der Waals surface area contributed by atoms with Crippen molar-refractivity contribution in [3.63, 3.8) is 0 Å². The van der Waals surface area contributed by atoms with Crippen LogP contribution >= 0.6 is 22.6 Å². The molecule has 3 rings (SSSR count). The molecule has 0 fully saturated rings. The van der Waals surface area contributed by atoms with Gasteiger partial charge in [-0.3, -0.25) is 14.4 Å². The summed E-state index contributed by atoms with van der Waals surface area (Å²) in [6, 6.07) is 4.11. The summed E-state index contributed by atoms with van der Waals surface area (Å²) in [5.41, 5.74) is 1.46. The van der Waals surface area contributed by atoms with E-state index in [1.807, 2.05) is 29.5 Å². The van der Waals surface area contributed by atoms with Gasteiger partial charge in [-0.2, -0.15) is 0 Å². The van der Waals surface area contributed by atoms with Gasteiger partial charge in [0.05, 0.1) is 35.9 Å². The second-order valence-electron chi connectivity index (χ2n) is 8.92. The fraction of sp³-hybridized carbons (Fsp3) is 0.444. The zero-order valence-corrected chi connectivity index (χ0v) is 23.5. The molecular weight excluding hydrogens is 607 g/mol. The fourth-order valence-corrected chi connectivity index (χ4v) is 5.03. The van der Waals surface area contributed by atoms with Gasteiger partial charge in [0, 0.05) is 42.6 Å². The lowest BCUT2D eigenvalue weighted by Crippen LogP contribution is -2.54. The predicted octanol–water partition coefficient (Wildman–Crippen LogP) is 2.84. The van der Waals surface area contributed by atoms with Gasteiger partial charge in [-0.25, -0.2) is 0 Å². The molecule has 1 aliphatic carbocycles. The summed E-state index contributed by atoms with van der Waals surface area (Å²) in [6.07, 6.45) is 4.96. The van der Waals surface area contributed by atoms with Crippen molar-refractivity contribution in [3.8, 4) is 11.5 Å². The average molecular weight is 640 g/mol. The van der Waals surface area contributed by atoms with Crippen LogP contribution in [-0.2, 0) is 16.1 Å². The van der Waals surface area contributed by atoms with Gasteiger partial charge in [0.2, 0.25) is 11.8 Å². The molecule has 0 unspecified atom stereocenters. The van der Waals surface area contributed by atoms with E-state index in [2.05, 4.69) is 5.32 Å². The van der Waals surface area contributed by atoms with Gasteiger partial charge < -0.3 is 34.3 Å². The Morgan fingerprint density at radius 3 is 2.76 bits per heavy atom. The van der Waals surface area contributed by atoms with Gasteiger partial charge >= 0.3 is 0 Å². The molecule has 2 amide bonds. The van der Waals surface area contributed by atoms with E-state index >= 15 is 0 Å². The molecule has 0 saturated carbocycles. The molecule has 0 radical (unpaired) electrons. The average Bonchev–Trinajstić information content (AvgIpc) is 3.44. The lowest BCUT2D eigenvalue weighted by molar-refractivity contribution is -0.139. The highest BCUT2D eigenvalue weighted by molar-refractivity contribution is 14.1. The Labute approximate surface area is 235 Å². The Balaban J connectivity index is 2.01. The second-order valence-corrected chi connectivity index (χ2v) is 10.1. The van der Waals surface area contributed by atoms with E-state index in [0.717, 1.165) is 12.0 Å². The SMILES string of the molecule is CCCCC(=O)N(Cc1ccoc1)[C@@H]1CC(C(=O)NCCO)=C[C@H](Oc2c(I)cc(C=O)cc2OC)[C@H]1O. The van der Waals surface area contributed by atoms with Gasteiger partial charge in [-0.1, -0.05) is 13.3 Å². The van der Waals surface area contributed by atoms with Gasteiger partial charge in [-0.05, 0) is 53.3 Å². The van der Waals surface area contributed by atoms with Crippen molar-refractivity contribution in [3.05, 3.63) is 57.1 Å². The van der Waals surface area contributed by atoms with E-state index in [4.69, 9.17) is 13.9 Å². The molecule has 1 aliphatic rings. The molecule has 2 aromatic rings. The Bertz CT molecular complexity index is 1130. The third-order valence-corrected chi connectivity index (χ3v) is 7.06. The number of aliphatic hydroxyl groups excluding tert-OH is 2. The van der Waals surface area contributed by atoms with Crippen LogP contribution in [0.15, 0.2) is 46.8 Å². The van der Waals surface area contributed by atoms with Gasteiger partial charge in [0.15, 0.2) is 11.5 Å². The number of carbonyl (C=O) groups is 3. The molecule has 3 N–H and O–H groups in total. The Morgan fingerprint density at radius 2 is 2.13 bits per heavy atom. The molecule has 206 valence electrons. The number of nitrogens with one attached hydrogen (secondary N) is 1. The van der Waals surface area contributed by atoms with Crippen molar-refractivity contribution in [2.45, 2.75) is 57.4 Å². The fourth-order valence-electron chi connectivity index (χ4n) is 4.28. The number of aldehydes is 1. The lowest BCUT2D eigenvalue weighted by Gasteiger charge is -2.40. The predicted molar refractivity (Wildman–Crippen MR) is 147 cm³/mol. The summed E-state index contributed by atoms with van der Waals surface area (Å²) in [7, 11) is 1.44. The number of nitrogens with zero attached hydrogens (tertiary/aromatic N) is 1. The molecule has 0 spiro atoms. The van der Waals surface area contributed by atoms with Crippen molar-refractivity contribution in [2.24, 2.45) is 0 Å². The number of methoxy groups -OCH3 is 1. The molecular formula is C27H33IN2O8. The molecule has 1 heterocycles.